The van der Waals surface area contributed by atoms with E-state index >= 15 is 0 Å². The van der Waals surface area contributed by atoms with Crippen LogP contribution >= 0.6 is 23.2 Å². The summed E-state index contributed by atoms with van der Waals surface area (Å²) in [6, 6.07) is 20.2. The number of hydrogen-bond donors (Lipinski definition) is 1. The van der Waals surface area contributed by atoms with E-state index in [1.54, 1.807) is 28.9 Å². The van der Waals surface area contributed by atoms with Gasteiger partial charge in [0, 0.05) is 21.3 Å². The molecule has 0 radical (unpaired) electrons. The van der Waals surface area contributed by atoms with Crippen LogP contribution in [0, 0.1) is 13.8 Å². The molecule has 0 unspecified atom stereocenters. The van der Waals surface area contributed by atoms with Gasteiger partial charge in [-0.05, 0) is 61.9 Å². The highest BCUT2D eigenvalue weighted by Crippen LogP contribution is 2.25. The highest BCUT2D eigenvalue weighted by molar-refractivity contribution is 6.31. The minimum atomic E-state index is -0.391. The Balaban J connectivity index is 1.76. The molecule has 4 aromatic rings. The Labute approximate surface area is 184 Å². The van der Waals surface area contributed by atoms with E-state index in [2.05, 4.69) is 15.4 Å². The largest absolute Gasteiger partial charge is 0.319 e. The van der Waals surface area contributed by atoms with Crippen molar-refractivity contribution in [3.8, 4) is 17.1 Å². The maximum absolute atomic E-state index is 12.9. The maximum Gasteiger partial charge on any atom is 0.295 e. The molecule has 5 nitrogen and oxygen atoms in total. The lowest BCUT2D eigenvalue weighted by atomic mass is 10.1. The number of anilines is 1. The molecular weight excluding hydrogens is 419 g/mol. The average Bonchev–Trinajstić information content (AvgIpc) is 3.16. The first-order chi connectivity index (χ1) is 14.4. The van der Waals surface area contributed by atoms with Gasteiger partial charge >= 0.3 is 0 Å². The Morgan fingerprint density at radius 3 is 2.40 bits per heavy atom. The van der Waals surface area contributed by atoms with Crippen molar-refractivity contribution >= 4 is 34.8 Å². The van der Waals surface area contributed by atoms with Gasteiger partial charge < -0.3 is 5.32 Å². The Bertz CT molecular complexity index is 1230. The first kappa shape index (κ1) is 20.1. The number of hydrogen-bond acceptors (Lipinski definition) is 3. The monoisotopic (exact) mass is 436 g/mol. The molecule has 0 saturated carbocycles. The van der Waals surface area contributed by atoms with Crippen molar-refractivity contribution in [1.29, 1.82) is 0 Å². The highest BCUT2D eigenvalue weighted by Gasteiger charge is 2.19. The van der Waals surface area contributed by atoms with Crippen LogP contribution in [0.4, 0.5) is 5.69 Å². The van der Waals surface area contributed by atoms with E-state index in [4.69, 9.17) is 23.2 Å². The van der Waals surface area contributed by atoms with Crippen LogP contribution in [0.15, 0.2) is 66.7 Å². The molecule has 0 aliphatic heterocycles. The van der Waals surface area contributed by atoms with Crippen molar-refractivity contribution in [2.75, 3.05) is 5.32 Å². The zero-order valence-electron chi connectivity index (χ0n) is 16.4. The van der Waals surface area contributed by atoms with Crippen LogP contribution in [-0.4, -0.2) is 20.7 Å². The van der Waals surface area contributed by atoms with Crippen LogP contribution in [0.5, 0.6) is 0 Å². The highest BCUT2D eigenvalue weighted by atomic mass is 35.5. The summed E-state index contributed by atoms with van der Waals surface area (Å²) in [5.41, 5.74) is 4.29. The topological polar surface area (TPSA) is 59.8 Å². The number of rotatable bonds is 4. The van der Waals surface area contributed by atoms with Crippen LogP contribution in [0.2, 0.25) is 10.0 Å². The van der Waals surface area contributed by atoms with Crippen LogP contribution in [0.3, 0.4) is 0 Å². The second-order valence-corrected chi connectivity index (χ2v) is 7.80. The summed E-state index contributed by atoms with van der Waals surface area (Å²) in [6.07, 6.45) is 0. The zero-order valence-corrected chi connectivity index (χ0v) is 17.9. The van der Waals surface area contributed by atoms with Gasteiger partial charge in [0.05, 0.1) is 5.69 Å². The Kier molecular flexibility index (Phi) is 5.57. The van der Waals surface area contributed by atoms with Crippen LogP contribution < -0.4 is 5.32 Å². The quantitative estimate of drug-likeness (QED) is 0.419. The number of nitrogens with zero attached hydrogens (tertiary/aromatic N) is 3. The lowest BCUT2D eigenvalue weighted by molar-refractivity contribution is 0.101. The molecule has 4 rings (SSSR count). The number of halogens is 2. The predicted octanol–water partition coefficient (Wildman–Crippen LogP) is 6.11. The van der Waals surface area contributed by atoms with Gasteiger partial charge in [-0.2, -0.15) is 0 Å². The van der Waals surface area contributed by atoms with E-state index in [1.165, 1.54) is 0 Å². The summed E-state index contributed by atoms with van der Waals surface area (Å²) in [4.78, 5) is 17.4. The number of benzene rings is 3. The fourth-order valence-electron chi connectivity index (χ4n) is 3.12. The van der Waals surface area contributed by atoms with Crippen molar-refractivity contribution < 1.29 is 4.79 Å². The Morgan fingerprint density at radius 2 is 1.70 bits per heavy atom. The summed E-state index contributed by atoms with van der Waals surface area (Å²) in [5.74, 6) is 0.170. The van der Waals surface area contributed by atoms with Crippen LogP contribution in [0.25, 0.3) is 17.1 Å². The zero-order chi connectivity index (χ0) is 21.3. The molecule has 0 saturated heterocycles. The van der Waals surface area contributed by atoms with Gasteiger partial charge in [-0.3, -0.25) is 4.79 Å². The van der Waals surface area contributed by atoms with Crippen molar-refractivity contribution in [3.63, 3.8) is 0 Å². The Hall–Kier alpha value is -3.15. The Morgan fingerprint density at radius 1 is 0.933 bits per heavy atom. The predicted molar refractivity (Wildman–Crippen MR) is 121 cm³/mol. The molecule has 1 N–H and O–H groups in total. The van der Waals surface area contributed by atoms with Gasteiger partial charge in [0.1, 0.15) is 0 Å². The third kappa shape index (κ3) is 4.22. The SMILES string of the molecule is Cc1ccc(NC(=O)c2nc(-c3cccc(Cl)c3)n(-c3ccc(Cl)cc3)n2)c(C)c1. The van der Waals surface area contributed by atoms with Crippen molar-refractivity contribution in [1.82, 2.24) is 14.8 Å². The first-order valence-corrected chi connectivity index (χ1v) is 10.0. The van der Waals surface area contributed by atoms with Crippen molar-refractivity contribution in [3.05, 3.63) is 93.7 Å². The number of carbonyl (C=O) groups is 1. The van der Waals surface area contributed by atoms with E-state index in [1.807, 2.05) is 56.3 Å². The number of nitrogens with one attached hydrogen (secondary N) is 1. The van der Waals surface area contributed by atoms with Crippen molar-refractivity contribution in [2.45, 2.75) is 13.8 Å². The number of amides is 1. The van der Waals surface area contributed by atoms with Gasteiger partial charge in [-0.25, -0.2) is 9.67 Å². The summed E-state index contributed by atoms with van der Waals surface area (Å²) in [7, 11) is 0. The summed E-state index contributed by atoms with van der Waals surface area (Å²) < 4.78 is 1.61. The van der Waals surface area contributed by atoms with Gasteiger partial charge in [-0.1, -0.05) is 53.0 Å². The first-order valence-electron chi connectivity index (χ1n) is 9.28. The maximum atomic E-state index is 12.9. The third-order valence-corrected chi connectivity index (χ3v) is 5.08. The molecule has 0 fully saturated rings. The van der Waals surface area contributed by atoms with Crippen LogP contribution in [-0.2, 0) is 0 Å². The molecule has 0 bridgehead atoms. The molecule has 0 aliphatic carbocycles. The van der Waals surface area contributed by atoms with Gasteiger partial charge in [0.25, 0.3) is 5.91 Å². The molecule has 1 heterocycles. The number of aryl methyl sites for hydroxylation is 2. The van der Waals surface area contributed by atoms with Gasteiger partial charge in [0.2, 0.25) is 5.82 Å². The van der Waals surface area contributed by atoms with Gasteiger partial charge in [-0.15, -0.1) is 5.10 Å². The van der Waals surface area contributed by atoms with E-state index in [0.717, 1.165) is 28.1 Å². The molecule has 1 amide bonds. The lowest BCUT2D eigenvalue weighted by Gasteiger charge is -2.07. The molecule has 30 heavy (non-hydrogen) atoms. The minimum Gasteiger partial charge on any atom is -0.319 e. The van der Waals surface area contributed by atoms with E-state index in [9.17, 15) is 4.79 Å². The van der Waals surface area contributed by atoms with Crippen LogP contribution in [0.1, 0.15) is 21.7 Å². The fraction of sp³-hybridized carbons (Fsp3) is 0.0870. The number of carbonyl (C=O) groups excluding carboxylic acids is 1. The normalized spacial score (nSPS) is 10.8. The molecule has 1 aromatic heterocycles. The summed E-state index contributed by atoms with van der Waals surface area (Å²) in [6.45, 7) is 3.95. The lowest BCUT2D eigenvalue weighted by Crippen LogP contribution is -2.15. The minimum absolute atomic E-state index is 0.0555. The number of aromatic nitrogens is 3. The molecule has 0 aliphatic rings. The fourth-order valence-corrected chi connectivity index (χ4v) is 3.43. The van der Waals surface area contributed by atoms with Crippen molar-refractivity contribution in [2.24, 2.45) is 0 Å². The van der Waals surface area contributed by atoms with E-state index in [-0.39, 0.29) is 5.82 Å². The summed E-state index contributed by atoms with van der Waals surface area (Å²) in [5, 5.41) is 8.54. The molecule has 0 spiro atoms. The second kappa shape index (κ2) is 8.30. The molecule has 3 aromatic carbocycles. The van der Waals surface area contributed by atoms with E-state index in [0.29, 0.717) is 15.9 Å². The summed E-state index contributed by atoms with van der Waals surface area (Å²) >= 11 is 12.2. The second-order valence-electron chi connectivity index (χ2n) is 6.93. The molecule has 0 atom stereocenters. The smallest absolute Gasteiger partial charge is 0.295 e. The standard InChI is InChI=1S/C23H18Cl2N4O/c1-14-6-11-20(15(2)12-14)26-23(30)21-27-22(16-4-3-5-18(25)13-16)29(28-21)19-9-7-17(24)8-10-19/h3-13H,1-2H3,(H,26,30). The van der Waals surface area contributed by atoms with E-state index < -0.39 is 5.91 Å². The molecular formula is C23H18Cl2N4O. The average molecular weight is 437 g/mol. The van der Waals surface area contributed by atoms with Gasteiger partial charge in [0.15, 0.2) is 5.82 Å². The third-order valence-electron chi connectivity index (χ3n) is 4.59. The molecule has 7 heteroatoms. The molecule has 150 valence electrons.